The molecule has 1 aromatic heterocycles. The van der Waals surface area contributed by atoms with Gasteiger partial charge in [-0.2, -0.15) is 0 Å². The summed E-state index contributed by atoms with van der Waals surface area (Å²) >= 11 is 3.53. The Morgan fingerprint density at radius 2 is 2.33 bits per heavy atom. The topological polar surface area (TPSA) is 50.9 Å². The van der Waals surface area contributed by atoms with E-state index in [0.29, 0.717) is 5.41 Å². The molecule has 0 bridgehead atoms. The van der Waals surface area contributed by atoms with Crippen molar-refractivity contribution in [3.63, 3.8) is 0 Å². The summed E-state index contributed by atoms with van der Waals surface area (Å²) in [6, 6.07) is 1.99. The number of hydrogen-bond donors (Lipinski definition) is 2. The molecule has 0 radical (unpaired) electrons. The first-order valence-electron chi connectivity index (χ1n) is 5.22. The molecule has 1 saturated carbocycles. The lowest BCUT2D eigenvalue weighted by atomic mass is 10.1. The highest BCUT2D eigenvalue weighted by Crippen LogP contribution is 2.44. The third-order valence-corrected chi connectivity index (χ3v) is 4.10. The van der Waals surface area contributed by atoms with Crippen LogP contribution in [0.4, 0.5) is 5.82 Å². The molecule has 3 N–H and O–H groups in total. The minimum absolute atomic E-state index is 0.338. The van der Waals surface area contributed by atoms with Crippen LogP contribution in [-0.4, -0.2) is 18.1 Å². The molecule has 3 nitrogen and oxygen atoms in total. The molecule has 15 heavy (non-hydrogen) atoms. The molecule has 1 aliphatic carbocycles. The largest absolute Gasteiger partial charge is 0.369 e. The van der Waals surface area contributed by atoms with Crippen molar-refractivity contribution in [1.82, 2.24) is 4.98 Å². The average molecular weight is 270 g/mol. The van der Waals surface area contributed by atoms with Crippen molar-refractivity contribution in [2.75, 3.05) is 18.4 Å². The van der Waals surface area contributed by atoms with Crippen molar-refractivity contribution < 1.29 is 0 Å². The van der Waals surface area contributed by atoms with Crippen LogP contribution in [0.3, 0.4) is 0 Å². The third kappa shape index (κ3) is 2.32. The van der Waals surface area contributed by atoms with Crippen molar-refractivity contribution in [1.29, 1.82) is 0 Å². The molecule has 0 unspecified atom stereocenters. The highest BCUT2D eigenvalue weighted by molar-refractivity contribution is 9.10. The first-order valence-corrected chi connectivity index (χ1v) is 6.01. The van der Waals surface area contributed by atoms with E-state index < -0.39 is 0 Å². The fourth-order valence-electron chi connectivity index (χ4n) is 1.56. The second-order valence-corrected chi connectivity index (χ2v) is 5.14. The molecule has 1 aliphatic rings. The van der Waals surface area contributed by atoms with Gasteiger partial charge in [-0.05, 0) is 59.3 Å². The van der Waals surface area contributed by atoms with Crippen LogP contribution >= 0.6 is 15.9 Å². The number of nitrogens with zero attached hydrogens (tertiary/aromatic N) is 1. The molecule has 0 amide bonds. The predicted octanol–water partition coefficient (Wildman–Crippen LogP) is 2.30. The number of pyridine rings is 1. The molecule has 0 aromatic carbocycles. The van der Waals surface area contributed by atoms with Crippen LogP contribution < -0.4 is 11.1 Å². The number of nitrogens with two attached hydrogens (primary N) is 1. The molecule has 82 valence electrons. The van der Waals surface area contributed by atoms with Gasteiger partial charge in [-0.25, -0.2) is 4.98 Å². The summed E-state index contributed by atoms with van der Waals surface area (Å²) < 4.78 is 1.05. The van der Waals surface area contributed by atoms with Gasteiger partial charge in [0.15, 0.2) is 0 Å². The summed E-state index contributed by atoms with van der Waals surface area (Å²) in [6.07, 6.45) is 4.30. The summed E-state index contributed by atoms with van der Waals surface area (Å²) in [4.78, 5) is 4.31. The number of aryl methyl sites for hydroxylation is 1. The van der Waals surface area contributed by atoms with Gasteiger partial charge >= 0.3 is 0 Å². The van der Waals surface area contributed by atoms with E-state index in [1.165, 1.54) is 18.4 Å². The zero-order chi connectivity index (χ0) is 10.9. The Labute approximate surface area is 98.6 Å². The maximum Gasteiger partial charge on any atom is 0.140 e. The van der Waals surface area contributed by atoms with Crippen LogP contribution in [-0.2, 0) is 0 Å². The number of aromatic nitrogens is 1. The minimum atomic E-state index is 0.338. The summed E-state index contributed by atoms with van der Waals surface area (Å²) in [6.45, 7) is 3.76. The Balaban J connectivity index is 2.02. The van der Waals surface area contributed by atoms with Gasteiger partial charge in [0.25, 0.3) is 0 Å². The van der Waals surface area contributed by atoms with E-state index in [-0.39, 0.29) is 0 Å². The normalized spacial score (nSPS) is 17.5. The Hall–Kier alpha value is -0.610. The van der Waals surface area contributed by atoms with E-state index in [1.807, 2.05) is 12.3 Å². The lowest BCUT2D eigenvalue weighted by Gasteiger charge is -2.15. The Morgan fingerprint density at radius 1 is 1.60 bits per heavy atom. The van der Waals surface area contributed by atoms with Gasteiger partial charge in [0.1, 0.15) is 5.82 Å². The molecule has 1 heterocycles. The second kappa shape index (κ2) is 4.10. The van der Waals surface area contributed by atoms with E-state index >= 15 is 0 Å². The van der Waals surface area contributed by atoms with E-state index in [1.54, 1.807) is 0 Å². The summed E-state index contributed by atoms with van der Waals surface area (Å²) in [5.74, 6) is 0.926. The number of rotatable bonds is 4. The maximum absolute atomic E-state index is 5.73. The van der Waals surface area contributed by atoms with E-state index in [0.717, 1.165) is 23.4 Å². The van der Waals surface area contributed by atoms with E-state index in [2.05, 4.69) is 33.2 Å². The lowest BCUT2D eigenvalue weighted by molar-refractivity contribution is 0.555. The Kier molecular flexibility index (Phi) is 2.98. The highest BCUT2D eigenvalue weighted by Gasteiger charge is 2.40. The molecule has 2 rings (SSSR count). The summed E-state index contributed by atoms with van der Waals surface area (Å²) in [7, 11) is 0. The fraction of sp³-hybridized carbons (Fsp3) is 0.545. The summed E-state index contributed by atoms with van der Waals surface area (Å²) in [5, 5.41) is 3.37. The van der Waals surface area contributed by atoms with Crippen LogP contribution in [0.2, 0.25) is 0 Å². The van der Waals surface area contributed by atoms with Gasteiger partial charge in [-0.15, -0.1) is 0 Å². The number of nitrogens with one attached hydrogen (secondary N) is 1. The van der Waals surface area contributed by atoms with Gasteiger partial charge in [0.05, 0.1) is 4.47 Å². The van der Waals surface area contributed by atoms with E-state index in [4.69, 9.17) is 5.73 Å². The standard InChI is InChI=1S/C11H16BrN3/c1-8-2-5-14-10(9(8)12)15-7-11(6-13)3-4-11/h2,5H,3-4,6-7,13H2,1H3,(H,14,15). The van der Waals surface area contributed by atoms with Crippen molar-refractivity contribution in [2.45, 2.75) is 19.8 Å². The Morgan fingerprint density at radius 3 is 2.93 bits per heavy atom. The lowest BCUT2D eigenvalue weighted by Crippen LogP contribution is -2.24. The number of anilines is 1. The smallest absolute Gasteiger partial charge is 0.140 e. The van der Waals surface area contributed by atoms with Crippen LogP contribution in [0, 0.1) is 12.3 Å². The van der Waals surface area contributed by atoms with Crippen LogP contribution in [0.5, 0.6) is 0 Å². The molecule has 0 aliphatic heterocycles. The Bertz CT molecular complexity index is 361. The average Bonchev–Trinajstić information content (AvgIpc) is 3.01. The van der Waals surface area contributed by atoms with Gasteiger partial charge < -0.3 is 11.1 Å². The van der Waals surface area contributed by atoms with Crippen molar-refractivity contribution in [3.05, 3.63) is 22.3 Å². The quantitative estimate of drug-likeness (QED) is 0.882. The van der Waals surface area contributed by atoms with Crippen molar-refractivity contribution in [3.8, 4) is 0 Å². The molecular weight excluding hydrogens is 254 g/mol. The highest BCUT2D eigenvalue weighted by atomic mass is 79.9. The maximum atomic E-state index is 5.73. The van der Waals surface area contributed by atoms with Gasteiger partial charge in [0, 0.05) is 12.7 Å². The summed E-state index contributed by atoms with van der Waals surface area (Å²) in [5.41, 5.74) is 7.27. The SMILES string of the molecule is Cc1ccnc(NCC2(CN)CC2)c1Br. The molecular formula is C11H16BrN3. The zero-order valence-corrected chi connectivity index (χ0v) is 10.5. The fourth-order valence-corrected chi connectivity index (χ4v) is 1.94. The molecule has 1 aromatic rings. The molecule has 0 saturated heterocycles. The second-order valence-electron chi connectivity index (χ2n) is 4.35. The van der Waals surface area contributed by atoms with E-state index in [9.17, 15) is 0 Å². The monoisotopic (exact) mass is 269 g/mol. The van der Waals surface area contributed by atoms with Crippen LogP contribution in [0.25, 0.3) is 0 Å². The van der Waals surface area contributed by atoms with Crippen LogP contribution in [0.1, 0.15) is 18.4 Å². The van der Waals surface area contributed by atoms with Crippen LogP contribution in [0.15, 0.2) is 16.7 Å². The molecule has 1 fully saturated rings. The van der Waals surface area contributed by atoms with Crippen molar-refractivity contribution >= 4 is 21.7 Å². The minimum Gasteiger partial charge on any atom is -0.369 e. The van der Waals surface area contributed by atoms with Gasteiger partial charge in [-0.1, -0.05) is 0 Å². The first kappa shape index (κ1) is 10.9. The predicted molar refractivity (Wildman–Crippen MR) is 65.9 cm³/mol. The van der Waals surface area contributed by atoms with Gasteiger partial charge in [0.2, 0.25) is 0 Å². The molecule has 4 heteroatoms. The first-order chi connectivity index (χ1) is 7.17. The van der Waals surface area contributed by atoms with Crippen molar-refractivity contribution in [2.24, 2.45) is 11.1 Å². The molecule has 0 spiro atoms. The third-order valence-electron chi connectivity index (χ3n) is 3.10. The zero-order valence-electron chi connectivity index (χ0n) is 8.89. The number of halogens is 1. The number of hydrogen-bond acceptors (Lipinski definition) is 3. The van der Waals surface area contributed by atoms with Gasteiger partial charge in [-0.3, -0.25) is 0 Å². The molecule has 0 atom stereocenters.